The molecule has 5 heteroatoms. The van der Waals surface area contributed by atoms with Crippen LogP contribution in [0.15, 0.2) is 29.9 Å². The molecule has 0 bridgehead atoms. The van der Waals surface area contributed by atoms with Crippen LogP contribution in [0.1, 0.15) is 37.0 Å². The Hall–Kier alpha value is -1.17. The van der Waals surface area contributed by atoms with Crippen molar-refractivity contribution in [1.29, 1.82) is 0 Å². The number of aryl methyl sites for hydroxylation is 1. The fourth-order valence-electron chi connectivity index (χ4n) is 1.88. The van der Waals surface area contributed by atoms with Crippen molar-refractivity contribution in [2.45, 2.75) is 31.9 Å². The number of aromatic nitrogens is 2. The number of hydrogen-bond acceptors (Lipinski definition) is 4. The standard InChI is InChI=1S/C14H21N3OS/c1-4-14(2,18)10-16-12(11-6-5-9-19-11)13-15-7-8-17(13)3/h5-9,12,16,18H,4,10H2,1-3H3. The van der Waals surface area contributed by atoms with Crippen molar-refractivity contribution in [1.82, 2.24) is 14.9 Å². The molecule has 0 amide bonds. The van der Waals surface area contributed by atoms with Gasteiger partial charge in [0.1, 0.15) is 11.9 Å². The highest BCUT2D eigenvalue weighted by atomic mass is 32.1. The lowest BCUT2D eigenvalue weighted by molar-refractivity contribution is 0.0538. The third-order valence-electron chi connectivity index (χ3n) is 3.39. The molecular formula is C14H21N3OS. The van der Waals surface area contributed by atoms with Crippen molar-refractivity contribution < 1.29 is 5.11 Å². The zero-order valence-electron chi connectivity index (χ0n) is 11.6. The van der Waals surface area contributed by atoms with Gasteiger partial charge in [0.25, 0.3) is 0 Å². The number of nitrogens with zero attached hydrogens (tertiary/aromatic N) is 2. The quantitative estimate of drug-likeness (QED) is 0.853. The van der Waals surface area contributed by atoms with Crippen molar-refractivity contribution in [3.05, 3.63) is 40.6 Å². The Bertz CT molecular complexity index is 505. The largest absolute Gasteiger partial charge is 0.389 e. The van der Waals surface area contributed by atoms with Gasteiger partial charge in [-0.25, -0.2) is 4.98 Å². The van der Waals surface area contributed by atoms with Crippen LogP contribution in [0.3, 0.4) is 0 Å². The summed E-state index contributed by atoms with van der Waals surface area (Å²) in [4.78, 5) is 5.63. The lowest BCUT2D eigenvalue weighted by Crippen LogP contribution is -2.39. The topological polar surface area (TPSA) is 50.1 Å². The summed E-state index contributed by atoms with van der Waals surface area (Å²) in [5.74, 6) is 0.967. The molecule has 0 aliphatic heterocycles. The first kappa shape index (κ1) is 14.2. The number of aliphatic hydroxyl groups is 1. The summed E-state index contributed by atoms with van der Waals surface area (Å²) in [7, 11) is 1.99. The van der Waals surface area contributed by atoms with Crippen molar-refractivity contribution in [2.24, 2.45) is 7.05 Å². The van der Waals surface area contributed by atoms with Gasteiger partial charge in [0.2, 0.25) is 0 Å². The lowest BCUT2D eigenvalue weighted by Gasteiger charge is -2.25. The van der Waals surface area contributed by atoms with Crippen LogP contribution in [-0.2, 0) is 7.05 Å². The van der Waals surface area contributed by atoms with Gasteiger partial charge < -0.3 is 15.0 Å². The van der Waals surface area contributed by atoms with Crippen molar-refractivity contribution in [3.8, 4) is 0 Å². The van der Waals surface area contributed by atoms with E-state index in [-0.39, 0.29) is 6.04 Å². The Balaban J connectivity index is 2.19. The molecule has 2 unspecified atom stereocenters. The van der Waals surface area contributed by atoms with Crippen LogP contribution in [0, 0.1) is 0 Å². The first-order chi connectivity index (χ1) is 9.03. The average Bonchev–Trinajstić information content (AvgIpc) is 3.02. The van der Waals surface area contributed by atoms with Gasteiger partial charge in [0.05, 0.1) is 5.60 Å². The Labute approximate surface area is 118 Å². The Morgan fingerprint density at radius 3 is 2.89 bits per heavy atom. The van der Waals surface area contributed by atoms with Crippen LogP contribution in [-0.4, -0.2) is 26.8 Å². The predicted octanol–water partition coefficient (Wildman–Crippen LogP) is 2.32. The van der Waals surface area contributed by atoms with Crippen LogP contribution in [0.5, 0.6) is 0 Å². The van der Waals surface area contributed by atoms with Gasteiger partial charge in [0.15, 0.2) is 0 Å². The first-order valence-electron chi connectivity index (χ1n) is 6.50. The van der Waals surface area contributed by atoms with Gasteiger partial charge >= 0.3 is 0 Å². The van der Waals surface area contributed by atoms with Crippen molar-refractivity contribution in [3.63, 3.8) is 0 Å². The number of imidazole rings is 1. The predicted molar refractivity (Wildman–Crippen MR) is 78.3 cm³/mol. The van der Waals surface area contributed by atoms with Crippen LogP contribution in [0.25, 0.3) is 0 Å². The third-order valence-corrected chi connectivity index (χ3v) is 4.33. The van der Waals surface area contributed by atoms with Gasteiger partial charge in [-0.1, -0.05) is 13.0 Å². The summed E-state index contributed by atoms with van der Waals surface area (Å²) in [6, 6.07) is 4.16. The molecule has 2 aromatic heterocycles. The van der Waals surface area contributed by atoms with Gasteiger partial charge in [-0.2, -0.15) is 0 Å². The fourth-order valence-corrected chi connectivity index (χ4v) is 2.67. The maximum Gasteiger partial charge on any atom is 0.131 e. The third kappa shape index (κ3) is 3.43. The van der Waals surface area contributed by atoms with E-state index in [1.54, 1.807) is 17.5 Å². The molecule has 2 aromatic rings. The maximum atomic E-state index is 10.2. The molecule has 0 aliphatic rings. The van der Waals surface area contributed by atoms with Crippen LogP contribution >= 0.6 is 11.3 Å². The van der Waals surface area contributed by atoms with Crippen LogP contribution < -0.4 is 5.32 Å². The molecule has 4 nitrogen and oxygen atoms in total. The molecule has 0 radical (unpaired) electrons. The highest BCUT2D eigenvalue weighted by molar-refractivity contribution is 7.10. The van der Waals surface area contributed by atoms with Gasteiger partial charge in [-0.05, 0) is 24.8 Å². The van der Waals surface area contributed by atoms with E-state index in [0.717, 1.165) is 12.2 Å². The normalized spacial score (nSPS) is 16.2. The summed E-state index contributed by atoms with van der Waals surface area (Å²) >= 11 is 1.70. The minimum atomic E-state index is -0.694. The molecule has 0 saturated carbocycles. The molecule has 0 spiro atoms. The molecule has 0 saturated heterocycles. The number of thiophene rings is 1. The average molecular weight is 279 g/mol. The van der Waals surface area contributed by atoms with Crippen LogP contribution in [0.4, 0.5) is 0 Å². The van der Waals surface area contributed by atoms with Crippen molar-refractivity contribution >= 4 is 11.3 Å². The molecule has 19 heavy (non-hydrogen) atoms. The molecule has 2 atom stereocenters. The molecule has 2 heterocycles. The SMILES string of the molecule is CCC(C)(O)CNC(c1cccs1)c1nccn1C. The van der Waals surface area contributed by atoms with Gasteiger partial charge in [-0.3, -0.25) is 0 Å². The Kier molecular flexibility index (Phi) is 4.39. The molecule has 0 aromatic carbocycles. The van der Waals surface area contributed by atoms with E-state index in [4.69, 9.17) is 0 Å². The van der Waals surface area contributed by atoms with E-state index in [2.05, 4.69) is 21.7 Å². The molecule has 2 N–H and O–H groups in total. The molecule has 2 rings (SSSR count). The van der Waals surface area contributed by atoms with E-state index in [0.29, 0.717) is 6.54 Å². The monoisotopic (exact) mass is 279 g/mol. The molecule has 0 fully saturated rings. The zero-order chi connectivity index (χ0) is 13.9. The van der Waals surface area contributed by atoms with E-state index < -0.39 is 5.60 Å². The summed E-state index contributed by atoms with van der Waals surface area (Å²) in [6.07, 6.45) is 4.46. The second-order valence-electron chi connectivity index (χ2n) is 5.08. The maximum absolute atomic E-state index is 10.2. The lowest BCUT2D eigenvalue weighted by atomic mass is 10.0. The molecule has 104 valence electrons. The molecule has 0 aliphatic carbocycles. The number of hydrogen-bond donors (Lipinski definition) is 2. The smallest absolute Gasteiger partial charge is 0.131 e. The zero-order valence-corrected chi connectivity index (χ0v) is 12.4. The second kappa shape index (κ2) is 5.86. The van der Waals surface area contributed by atoms with E-state index in [1.807, 2.05) is 37.7 Å². The highest BCUT2D eigenvalue weighted by Crippen LogP contribution is 2.25. The summed E-state index contributed by atoms with van der Waals surface area (Å²) in [5, 5.41) is 15.6. The summed E-state index contributed by atoms with van der Waals surface area (Å²) < 4.78 is 2.01. The first-order valence-corrected chi connectivity index (χ1v) is 7.38. The van der Waals surface area contributed by atoms with E-state index >= 15 is 0 Å². The van der Waals surface area contributed by atoms with Crippen LogP contribution in [0.2, 0.25) is 0 Å². The summed E-state index contributed by atoms with van der Waals surface area (Å²) in [6.45, 7) is 4.38. The number of nitrogens with one attached hydrogen (secondary N) is 1. The Morgan fingerprint density at radius 1 is 1.58 bits per heavy atom. The molecular weight excluding hydrogens is 258 g/mol. The fraction of sp³-hybridized carbons (Fsp3) is 0.500. The van der Waals surface area contributed by atoms with Gasteiger partial charge in [0, 0.05) is 30.9 Å². The highest BCUT2D eigenvalue weighted by Gasteiger charge is 2.24. The summed E-state index contributed by atoms with van der Waals surface area (Å²) in [5.41, 5.74) is -0.694. The number of rotatable bonds is 6. The Morgan fingerprint density at radius 2 is 2.37 bits per heavy atom. The van der Waals surface area contributed by atoms with Crippen molar-refractivity contribution in [2.75, 3.05) is 6.54 Å². The minimum absolute atomic E-state index is 0.0259. The van der Waals surface area contributed by atoms with E-state index in [1.165, 1.54) is 4.88 Å². The second-order valence-corrected chi connectivity index (χ2v) is 6.06. The van der Waals surface area contributed by atoms with Gasteiger partial charge in [-0.15, -0.1) is 11.3 Å². The van der Waals surface area contributed by atoms with E-state index in [9.17, 15) is 5.11 Å². The minimum Gasteiger partial charge on any atom is -0.389 e.